The van der Waals surface area contributed by atoms with E-state index in [1.165, 1.54) is 12.8 Å². The van der Waals surface area contributed by atoms with E-state index in [2.05, 4.69) is 24.3 Å². The number of hydrogen-bond acceptors (Lipinski definition) is 2. The fraction of sp³-hybridized carbons (Fsp3) is 0.500. The quantitative estimate of drug-likeness (QED) is 0.371. The molecule has 0 aliphatic heterocycles. The molecule has 3 heteroatoms. The molecule has 4 aliphatic carbocycles. The molecular weight excluding hydrogens is 331 g/mol. The van der Waals surface area contributed by atoms with Gasteiger partial charge < -0.3 is 0 Å². The second-order valence-corrected chi connectivity index (χ2v) is 7.01. The molecule has 0 N–H and O–H groups in total. The third kappa shape index (κ3) is 2.96. The molecule has 0 saturated heterocycles. The molecule has 0 aromatic carbocycles. The number of allylic oxidation sites excluding steroid dienone is 8. The van der Waals surface area contributed by atoms with Crippen LogP contribution in [0, 0.1) is 23.7 Å². The molecule has 4 aliphatic rings. The van der Waals surface area contributed by atoms with E-state index in [1.807, 2.05) is 0 Å². The molecule has 2 bridgehead atoms. The average molecular weight is 355 g/mol. The third-order valence-electron chi connectivity index (χ3n) is 5.94. The van der Waals surface area contributed by atoms with Crippen LogP contribution < -0.4 is 0 Å². The molecule has 4 atom stereocenters. The maximum Gasteiger partial charge on any atom is 0.185 e. The predicted molar refractivity (Wildman–Crippen MR) is 88.2 cm³/mol. The van der Waals surface area contributed by atoms with Crippen molar-refractivity contribution in [3.8, 4) is 0 Å². The van der Waals surface area contributed by atoms with Crippen molar-refractivity contribution in [2.24, 2.45) is 23.7 Å². The zero-order valence-corrected chi connectivity index (χ0v) is 15.2. The number of Topliss-reactive ketones (excluding diaryl/α,β-unsaturated/α-hetero) is 2. The number of hydrogen-bond donors (Lipinski definition) is 0. The van der Waals surface area contributed by atoms with Crippen LogP contribution in [0.3, 0.4) is 0 Å². The molecule has 0 aromatic rings. The van der Waals surface area contributed by atoms with Gasteiger partial charge in [-0.15, -0.1) is 0 Å². The first-order valence-electron chi connectivity index (χ1n) is 8.21. The molecule has 23 heavy (non-hydrogen) atoms. The molecule has 1 fully saturated rings. The van der Waals surface area contributed by atoms with Crippen LogP contribution in [0.2, 0.25) is 0 Å². The first-order chi connectivity index (χ1) is 10.4. The van der Waals surface area contributed by atoms with Crippen LogP contribution in [0.5, 0.6) is 0 Å². The normalized spacial score (nSPS) is 33.7. The Hall–Kier alpha value is -1.21. The Bertz CT molecular complexity index is 601. The summed E-state index contributed by atoms with van der Waals surface area (Å²) in [5.41, 5.74) is 2.34. The van der Waals surface area contributed by atoms with Gasteiger partial charge in [-0.1, -0.05) is 24.3 Å². The molecule has 0 aromatic heterocycles. The molecule has 0 amide bonds. The van der Waals surface area contributed by atoms with Gasteiger partial charge in [-0.25, -0.2) is 0 Å². The van der Waals surface area contributed by atoms with Crippen LogP contribution in [-0.2, 0) is 26.1 Å². The minimum Gasteiger partial charge on any atom is -0.289 e. The summed E-state index contributed by atoms with van der Waals surface area (Å²) in [6.07, 6.45) is 12.5. The summed E-state index contributed by atoms with van der Waals surface area (Å²) in [5.74, 6) is 3.83. The van der Waals surface area contributed by atoms with E-state index in [9.17, 15) is 9.59 Å². The Labute approximate surface area is 148 Å². The van der Waals surface area contributed by atoms with Crippen molar-refractivity contribution in [3.63, 3.8) is 0 Å². The first kappa shape index (κ1) is 18.1. The molecule has 126 valence electrons. The number of rotatable bonds is 0. The van der Waals surface area contributed by atoms with Gasteiger partial charge in [0.25, 0.3) is 0 Å². The van der Waals surface area contributed by atoms with Crippen LogP contribution in [-0.4, -0.2) is 11.6 Å². The van der Waals surface area contributed by atoms with E-state index in [0.717, 1.165) is 23.7 Å². The Kier molecular flexibility index (Phi) is 5.31. The van der Waals surface area contributed by atoms with E-state index in [0.29, 0.717) is 22.3 Å². The van der Waals surface area contributed by atoms with Gasteiger partial charge in [-0.05, 0) is 64.2 Å². The maximum absolute atomic E-state index is 11.4. The van der Waals surface area contributed by atoms with Crippen LogP contribution in [0.25, 0.3) is 0 Å². The average Bonchev–Trinajstić information content (AvgIpc) is 3.23. The second kappa shape index (κ2) is 6.73. The molecule has 0 radical (unpaired) electrons. The van der Waals surface area contributed by atoms with Crippen molar-refractivity contribution in [1.29, 1.82) is 0 Å². The van der Waals surface area contributed by atoms with Gasteiger partial charge in [0.15, 0.2) is 11.6 Å². The topological polar surface area (TPSA) is 34.1 Å². The maximum atomic E-state index is 11.4. The summed E-state index contributed by atoms with van der Waals surface area (Å²) in [5, 5.41) is 0. The Balaban J connectivity index is 0.000000161. The zero-order valence-electron chi connectivity index (χ0n) is 14.2. The molecule has 0 spiro atoms. The summed E-state index contributed by atoms with van der Waals surface area (Å²) in [6.45, 7) is 6.80. The second-order valence-electron chi connectivity index (χ2n) is 7.01. The molecule has 2 nitrogen and oxygen atoms in total. The van der Waals surface area contributed by atoms with E-state index in [-0.39, 0.29) is 28.1 Å². The largest absolute Gasteiger partial charge is 0.289 e. The molecule has 0 heterocycles. The number of ketones is 2. The summed E-state index contributed by atoms with van der Waals surface area (Å²) in [4.78, 5) is 22.8. The van der Waals surface area contributed by atoms with Crippen LogP contribution in [0.4, 0.5) is 0 Å². The van der Waals surface area contributed by atoms with E-state index < -0.39 is 0 Å². The monoisotopic (exact) mass is 354 g/mol. The molecule has 4 unspecified atom stereocenters. The van der Waals surface area contributed by atoms with E-state index >= 15 is 0 Å². The number of carbonyl (C=O) groups excluding carboxylic acids is 2. The van der Waals surface area contributed by atoms with Gasteiger partial charge in [-0.3, -0.25) is 9.59 Å². The minimum atomic E-state index is 0. The third-order valence-corrected chi connectivity index (χ3v) is 5.94. The van der Waals surface area contributed by atoms with Gasteiger partial charge in [-0.2, -0.15) is 0 Å². The molecule has 1 saturated carbocycles. The molecule has 4 rings (SSSR count). The van der Waals surface area contributed by atoms with Crippen molar-refractivity contribution >= 4 is 11.6 Å². The fourth-order valence-corrected chi connectivity index (χ4v) is 4.22. The van der Waals surface area contributed by atoms with Crippen molar-refractivity contribution in [3.05, 3.63) is 46.6 Å². The first-order valence-corrected chi connectivity index (χ1v) is 8.21. The van der Waals surface area contributed by atoms with Crippen LogP contribution in [0.15, 0.2) is 46.6 Å². The SMILES string of the molecule is C1=CC2C3C=CC(C3)C2C1.CC1=C(C)C(=O)C(C)=C(C)C1=O.[Ni]. The van der Waals surface area contributed by atoms with Crippen molar-refractivity contribution in [2.75, 3.05) is 0 Å². The summed E-state index contributed by atoms with van der Waals surface area (Å²) in [6, 6.07) is 0. The van der Waals surface area contributed by atoms with Crippen molar-refractivity contribution < 1.29 is 26.1 Å². The van der Waals surface area contributed by atoms with Gasteiger partial charge >= 0.3 is 0 Å². The van der Waals surface area contributed by atoms with Crippen molar-refractivity contribution in [2.45, 2.75) is 40.5 Å². The van der Waals surface area contributed by atoms with Crippen molar-refractivity contribution in [1.82, 2.24) is 0 Å². The number of carbonyl (C=O) groups is 2. The van der Waals surface area contributed by atoms with Gasteiger partial charge in [0.2, 0.25) is 0 Å². The fourth-order valence-electron chi connectivity index (χ4n) is 4.22. The van der Waals surface area contributed by atoms with Crippen LogP contribution >= 0.6 is 0 Å². The summed E-state index contributed by atoms with van der Waals surface area (Å²) in [7, 11) is 0. The van der Waals surface area contributed by atoms with E-state index in [4.69, 9.17) is 0 Å². The van der Waals surface area contributed by atoms with Crippen LogP contribution in [0.1, 0.15) is 40.5 Å². The summed E-state index contributed by atoms with van der Waals surface area (Å²) < 4.78 is 0. The predicted octanol–water partition coefficient (Wildman–Crippen LogP) is 4.19. The Morgan fingerprint density at radius 3 is 1.74 bits per heavy atom. The summed E-state index contributed by atoms with van der Waals surface area (Å²) >= 11 is 0. The minimum absolute atomic E-state index is 0. The van der Waals surface area contributed by atoms with Gasteiger partial charge in [0.1, 0.15) is 0 Å². The van der Waals surface area contributed by atoms with E-state index in [1.54, 1.807) is 27.7 Å². The zero-order chi connectivity index (χ0) is 16.0. The van der Waals surface area contributed by atoms with Gasteiger partial charge in [0, 0.05) is 38.8 Å². The smallest absolute Gasteiger partial charge is 0.185 e. The standard InChI is InChI=1S/C10H12O2.C10H12.Ni/c1-5-6(2)10(12)8(4)7(3)9(5)11;1-2-9-7-4-5-8(6-7)10(9)3-1;/h1-4H3;1-2,4-5,7-10H,3,6H2;. The Morgan fingerprint density at radius 2 is 1.26 bits per heavy atom. The Morgan fingerprint density at radius 1 is 0.783 bits per heavy atom. The molecular formula is C20H24NiO2. The number of fused-ring (bicyclic) bond motifs is 5. The van der Waals surface area contributed by atoms with Gasteiger partial charge in [0.05, 0.1) is 0 Å².